The molecule has 1 aliphatic rings. The van der Waals surface area contributed by atoms with Gasteiger partial charge in [-0.3, -0.25) is 9.59 Å². The van der Waals surface area contributed by atoms with Crippen LogP contribution in [0.15, 0.2) is 42.5 Å². The van der Waals surface area contributed by atoms with Crippen molar-refractivity contribution in [2.75, 3.05) is 18.1 Å². The van der Waals surface area contributed by atoms with Crippen LogP contribution in [0.3, 0.4) is 0 Å². The maximum absolute atomic E-state index is 13.5. The highest BCUT2D eigenvalue weighted by Crippen LogP contribution is 2.47. The van der Waals surface area contributed by atoms with Crippen molar-refractivity contribution in [1.29, 1.82) is 0 Å². The van der Waals surface area contributed by atoms with Gasteiger partial charge < -0.3 is 19.1 Å². The lowest BCUT2D eigenvalue weighted by Crippen LogP contribution is -2.23. The number of benzene rings is 3. The van der Waals surface area contributed by atoms with Crippen LogP contribution < -0.4 is 14.4 Å². The number of hydrogen-bond donors (Lipinski definition) is 0. The number of rotatable bonds is 8. The monoisotopic (exact) mass is 489 g/mol. The second-order valence-electron chi connectivity index (χ2n) is 7.53. The van der Waals surface area contributed by atoms with E-state index in [0.29, 0.717) is 33.3 Å². The summed E-state index contributed by atoms with van der Waals surface area (Å²) in [4.78, 5) is 26.7. The number of ether oxygens (including phenoxy) is 3. The van der Waals surface area contributed by atoms with Crippen LogP contribution in [0.1, 0.15) is 35.3 Å². The molecule has 0 saturated carbocycles. The highest BCUT2D eigenvalue weighted by molar-refractivity contribution is 6.34. The minimum atomic E-state index is -3.07. The second-order valence-corrected chi connectivity index (χ2v) is 7.93. The predicted octanol–water partition coefficient (Wildman–Crippen LogP) is 5.76. The molecule has 1 heterocycles. The predicted molar refractivity (Wildman–Crippen MR) is 124 cm³/mol. The van der Waals surface area contributed by atoms with Crippen molar-refractivity contribution >= 4 is 39.9 Å². The van der Waals surface area contributed by atoms with Gasteiger partial charge in [-0.1, -0.05) is 41.9 Å². The molecular formula is C25H22ClF2NO5. The number of anilines is 1. The average Bonchev–Trinajstić information content (AvgIpc) is 3.13. The summed E-state index contributed by atoms with van der Waals surface area (Å²) in [5.74, 6) is -0.576. The van der Waals surface area contributed by atoms with E-state index in [2.05, 4.69) is 0 Å². The standard InChI is InChI=1S/C25H22ClF2NO5/c1-3-32-20(30)12-14-9-10-19(18(26)11-14)29-13-17-21(24(29)31)23(33-4-2)16-8-6-5-7-15(16)22(17)34-25(27)28/h5-11,25H,3-4,12-13H2,1-2H3. The molecule has 0 aromatic heterocycles. The summed E-state index contributed by atoms with van der Waals surface area (Å²) >= 11 is 6.48. The summed E-state index contributed by atoms with van der Waals surface area (Å²) in [5, 5.41) is 1.17. The van der Waals surface area contributed by atoms with Crippen LogP contribution in [0, 0.1) is 0 Å². The molecule has 0 N–H and O–H groups in total. The third kappa shape index (κ3) is 4.37. The Kier molecular flexibility index (Phi) is 6.88. The lowest BCUT2D eigenvalue weighted by atomic mass is 9.99. The molecule has 0 spiro atoms. The van der Waals surface area contributed by atoms with E-state index < -0.39 is 18.5 Å². The molecule has 34 heavy (non-hydrogen) atoms. The van der Waals surface area contributed by atoms with Gasteiger partial charge in [0.25, 0.3) is 5.91 Å². The quantitative estimate of drug-likeness (QED) is 0.376. The number of fused-ring (bicyclic) bond motifs is 2. The van der Waals surface area contributed by atoms with Gasteiger partial charge in [0, 0.05) is 16.3 Å². The van der Waals surface area contributed by atoms with Gasteiger partial charge in [0.05, 0.1) is 42.5 Å². The average molecular weight is 490 g/mol. The number of alkyl halides is 2. The first-order chi connectivity index (χ1) is 16.3. The number of carbonyl (C=O) groups excluding carboxylic acids is 2. The Balaban J connectivity index is 1.80. The number of halogens is 3. The number of nitrogens with zero attached hydrogens (tertiary/aromatic N) is 1. The first-order valence-corrected chi connectivity index (χ1v) is 11.1. The molecule has 6 nitrogen and oxygen atoms in total. The SMILES string of the molecule is CCOC(=O)Cc1ccc(N2Cc3c(c(OCC)c4ccccc4c3OC(F)F)C2=O)c(Cl)c1. The lowest BCUT2D eigenvalue weighted by Gasteiger charge is -2.18. The maximum atomic E-state index is 13.5. The number of hydrogen-bond acceptors (Lipinski definition) is 5. The van der Waals surface area contributed by atoms with Crippen molar-refractivity contribution in [2.24, 2.45) is 0 Å². The van der Waals surface area contributed by atoms with Crippen LogP contribution in [-0.2, 0) is 22.5 Å². The first-order valence-electron chi connectivity index (χ1n) is 10.8. The van der Waals surface area contributed by atoms with E-state index in [1.165, 1.54) is 4.90 Å². The Labute approximate surface area is 200 Å². The van der Waals surface area contributed by atoms with Gasteiger partial charge >= 0.3 is 12.6 Å². The third-order valence-corrected chi connectivity index (χ3v) is 5.75. The topological polar surface area (TPSA) is 65.1 Å². The smallest absolute Gasteiger partial charge is 0.387 e. The highest BCUT2D eigenvalue weighted by atomic mass is 35.5. The Morgan fingerprint density at radius 3 is 2.41 bits per heavy atom. The molecule has 1 amide bonds. The molecular weight excluding hydrogens is 468 g/mol. The van der Waals surface area contributed by atoms with E-state index in [-0.39, 0.29) is 42.5 Å². The Morgan fingerprint density at radius 2 is 1.79 bits per heavy atom. The fraction of sp³-hybridized carbons (Fsp3) is 0.280. The van der Waals surface area contributed by atoms with E-state index in [4.69, 9.17) is 25.8 Å². The Bertz CT molecular complexity index is 1260. The molecule has 3 aromatic rings. The van der Waals surface area contributed by atoms with Crippen LogP contribution in [0.25, 0.3) is 10.8 Å². The molecule has 0 radical (unpaired) electrons. The fourth-order valence-electron chi connectivity index (χ4n) is 4.14. The minimum absolute atomic E-state index is 0.0297. The van der Waals surface area contributed by atoms with Crippen LogP contribution >= 0.6 is 11.6 Å². The Morgan fingerprint density at radius 1 is 1.09 bits per heavy atom. The summed E-state index contributed by atoms with van der Waals surface area (Å²) in [6.45, 7) is 0.947. The Hall–Kier alpha value is -3.39. The van der Waals surface area contributed by atoms with Crippen LogP contribution in [0.2, 0.25) is 5.02 Å². The highest BCUT2D eigenvalue weighted by Gasteiger charge is 2.38. The van der Waals surface area contributed by atoms with Crippen molar-refractivity contribution in [3.63, 3.8) is 0 Å². The normalized spacial score (nSPS) is 12.9. The van der Waals surface area contributed by atoms with E-state index in [0.717, 1.165) is 0 Å². The summed E-state index contributed by atoms with van der Waals surface area (Å²) < 4.78 is 42.4. The molecule has 0 fully saturated rings. The van der Waals surface area contributed by atoms with E-state index in [1.54, 1.807) is 56.3 Å². The molecule has 0 bridgehead atoms. The molecule has 0 saturated heterocycles. The molecule has 3 aromatic carbocycles. The summed E-state index contributed by atoms with van der Waals surface area (Å²) in [6.07, 6.45) is 0.0360. The second kappa shape index (κ2) is 9.85. The van der Waals surface area contributed by atoms with Crippen LogP contribution in [-0.4, -0.2) is 31.7 Å². The molecule has 9 heteroatoms. The summed E-state index contributed by atoms with van der Waals surface area (Å²) in [6, 6.07) is 11.7. The van der Waals surface area contributed by atoms with Gasteiger partial charge in [-0.15, -0.1) is 0 Å². The number of carbonyl (C=O) groups is 2. The van der Waals surface area contributed by atoms with E-state index in [1.807, 2.05) is 0 Å². The van der Waals surface area contributed by atoms with Crippen molar-refractivity contribution in [3.8, 4) is 11.5 Å². The van der Waals surface area contributed by atoms with Gasteiger partial charge in [-0.05, 0) is 31.5 Å². The zero-order valence-corrected chi connectivity index (χ0v) is 19.3. The first kappa shape index (κ1) is 23.8. The largest absolute Gasteiger partial charge is 0.492 e. The summed E-state index contributed by atoms with van der Waals surface area (Å²) in [5.41, 5.74) is 1.48. The zero-order chi connectivity index (χ0) is 24.4. The van der Waals surface area contributed by atoms with Crippen LogP contribution in [0.5, 0.6) is 11.5 Å². The zero-order valence-electron chi connectivity index (χ0n) is 18.6. The van der Waals surface area contributed by atoms with Crippen molar-refractivity contribution in [3.05, 3.63) is 64.2 Å². The van der Waals surface area contributed by atoms with Crippen molar-refractivity contribution in [2.45, 2.75) is 33.4 Å². The van der Waals surface area contributed by atoms with Gasteiger partial charge in [-0.25, -0.2) is 0 Å². The third-order valence-electron chi connectivity index (χ3n) is 5.45. The fourth-order valence-corrected chi connectivity index (χ4v) is 4.44. The van der Waals surface area contributed by atoms with E-state index in [9.17, 15) is 18.4 Å². The minimum Gasteiger partial charge on any atom is -0.492 e. The van der Waals surface area contributed by atoms with E-state index >= 15 is 0 Å². The molecule has 178 valence electrons. The number of amides is 1. The maximum Gasteiger partial charge on any atom is 0.387 e. The van der Waals surface area contributed by atoms with Gasteiger partial charge in [-0.2, -0.15) is 8.78 Å². The van der Waals surface area contributed by atoms with Gasteiger partial charge in [0.15, 0.2) is 0 Å². The molecule has 0 unspecified atom stereocenters. The number of esters is 1. The van der Waals surface area contributed by atoms with Crippen molar-refractivity contribution < 1.29 is 32.6 Å². The summed E-state index contributed by atoms with van der Waals surface area (Å²) in [7, 11) is 0. The molecule has 1 aliphatic heterocycles. The molecule has 4 rings (SSSR count). The van der Waals surface area contributed by atoms with Crippen molar-refractivity contribution in [1.82, 2.24) is 0 Å². The molecule has 0 aliphatic carbocycles. The molecule has 0 atom stereocenters. The van der Waals surface area contributed by atoms with Crippen LogP contribution in [0.4, 0.5) is 14.5 Å². The van der Waals surface area contributed by atoms with Gasteiger partial charge in [0.2, 0.25) is 0 Å². The lowest BCUT2D eigenvalue weighted by molar-refractivity contribution is -0.142. The van der Waals surface area contributed by atoms with Gasteiger partial charge in [0.1, 0.15) is 11.5 Å².